The number of piperidine rings is 1. The second-order valence-corrected chi connectivity index (χ2v) is 5.58. The Balaban J connectivity index is 1.98. The quantitative estimate of drug-likeness (QED) is 0.888. The minimum atomic E-state index is 0.417. The van der Waals surface area contributed by atoms with Crippen LogP contribution in [0.15, 0.2) is 18.2 Å². The lowest BCUT2D eigenvalue weighted by Crippen LogP contribution is -2.41. The molecular formula is C15H24N2O. The highest BCUT2D eigenvalue weighted by molar-refractivity contribution is 5.35. The molecular weight excluding hydrogens is 224 g/mol. The Morgan fingerprint density at radius 2 is 2.00 bits per heavy atom. The lowest BCUT2D eigenvalue weighted by molar-refractivity contribution is 0.138. The van der Waals surface area contributed by atoms with Crippen molar-refractivity contribution in [1.82, 2.24) is 9.80 Å². The Kier molecular flexibility index (Phi) is 4.25. The fraction of sp³-hybridized carbons (Fsp3) is 0.600. The van der Waals surface area contributed by atoms with Crippen LogP contribution in [0, 0.1) is 6.92 Å². The van der Waals surface area contributed by atoms with Crippen molar-refractivity contribution >= 4 is 0 Å². The van der Waals surface area contributed by atoms with Crippen LogP contribution in [-0.4, -0.2) is 48.1 Å². The summed E-state index contributed by atoms with van der Waals surface area (Å²) in [5, 5.41) is 9.89. The minimum absolute atomic E-state index is 0.417. The monoisotopic (exact) mass is 248 g/mol. The van der Waals surface area contributed by atoms with Crippen LogP contribution in [0.4, 0.5) is 0 Å². The van der Waals surface area contributed by atoms with Crippen LogP contribution >= 0.6 is 0 Å². The molecule has 1 saturated heterocycles. The van der Waals surface area contributed by atoms with E-state index in [1.807, 2.05) is 6.07 Å². The number of hydrogen-bond acceptors (Lipinski definition) is 3. The molecule has 1 aromatic carbocycles. The van der Waals surface area contributed by atoms with Crippen molar-refractivity contribution in [2.24, 2.45) is 0 Å². The molecule has 1 N–H and O–H groups in total. The van der Waals surface area contributed by atoms with E-state index in [0.29, 0.717) is 11.8 Å². The van der Waals surface area contributed by atoms with Gasteiger partial charge in [-0.15, -0.1) is 0 Å². The van der Waals surface area contributed by atoms with Crippen molar-refractivity contribution in [2.45, 2.75) is 32.4 Å². The molecule has 1 aliphatic rings. The molecule has 0 radical (unpaired) electrons. The molecule has 1 fully saturated rings. The van der Waals surface area contributed by atoms with Gasteiger partial charge < -0.3 is 10.0 Å². The number of nitrogens with zero attached hydrogens (tertiary/aromatic N) is 2. The first-order valence-corrected chi connectivity index (χ1v) is 6.73. The van der Waals surface area contributed by atoms with E-state index in [1.165, 1.54) is 31.5 Å². The Morgan fingerprint density at radius 1 is 1.33 bits per heavy atom. The van der Waals surface area contributed by atoms with Crippen molar-refractivity contribution in [3.8, 4) is 5.75 Å². The number of hydrogen-bond donors (Lipinski definition) is 1. The Labute approximate surface area is 110 Å². The van der Waals surface area contributed by atoms with Crippen molar-refractivity contribution < 1.29 is 5.11 Å². The van der Waals surface area contributed by atoms with Gasteiger partial charge in [0.1, 0.15) is 5.75 Å². The molecule has 1 heterocycles. The third-order valence-electron chi connectivity index (χ3n) is 3.97. The SMILES string of the molecule is Cc1ccc(O)c(CN(C)C2CCN(C)CC2)c1. The van der Waals surface area contributed by atoms with Gasteiger partial charge in [0.05, 0.1) is 0 Å². The number of benzene rings is 1. The summed E-state index contributed by atoms with van der Waals surface area (Å²) in [7, 11) is 4.35. The summed E-state index contributed by atoms with van der Waals surface area (Å²) in [6.45, 7) is 5.25. The maximum atomic E-state index is 9.89. The minimum Gasteiger partial charge on any atom is -0.508 e. The standard InChI is InChI=1S/C15H24N2O/c1-12-4-5-15(18)13(10-12)11-17(3)14-6-8-16(2)9-7-14/h4-5,10,14,18H,6-9,11H2,1-3H3. The molecule has 0 bridgehead atoms. The molecule has 100 valence electrons. The Bertz CT molecular complexity index is 397. The van der Waals surface area contributed by atoms with E-state index in [9.17, 15) is 5.11 Å². The van der Waals surface area contributed by atoms with Gasteiger partial charge >= 0.3 is 0 Å². The smallest absolute Gasteiger partial charge is 0.120 e. The van der Waals surface area contributed by atoms with Crippen LogP contribution in [0.25, 0.3) is 0 Å². The Morgan fingerprint density at radius 3 is 2.67 bits per heavy atom. The van der Waals surface area contributed by atoms with E-state index >= 15 is 0 Å². The summed E-state index contributed by atoms with van der Waals surface area (Å²) >= 11 is 0. The van der Waals surface area contributed by atoms with Crippen molar-refractivity contribution in [1.29, 1.82) is 0 Å². The zero-order chi connectivity index (χ0) is 13.1. The molecule has 0 spiro atoms. The van der Waals surface area contributed by atoms with Gasteiger partial charge in [0, 0.05) is 18.2 Å². The van der Waals surface area contributed by atoms with E-state index in [2.05, 4.69) is 36.9 Å². The van der Waals surface area contributed by atoms with Crippen molar-refractivity contribution in [3.63, 3.8) is 0 Å². The first-order valence-electron chi connectivity index (χ1n) is 6.73. The molecule has 3 heteroatoms. The summed E-state index contributed by atoms with van der Waals surface area (Å²) < 4.78 is 0. The molecule has 2 rings (SSSR count). The number of phenols is 1. The maximum absolute atomic E-state index is 9.89. The van der Waals surface area contributed by atoms with Crippen molar-refractivity contribution in [2.75, 3.05) is 27.2 Å². The largest absolute Gasteiger partial charge is 0.508 e. The van der Waals surface area contributed by atoms with E-state index in [1.54, 1.807) is 6.07 Å². The van der Waals surface area contributed by atoms with Gasteiger partial charge in [0.15, 0.2) is 0 Å². The fourth-order valence-corrected chi connectivity index (χ4v) is 2.67. The molecule has 0 atom stereocenters. The van der Waals surface area contributed by atoms with Gasteiger partial charge in [-0.1, -0.05) is 17.7 Å². The lowest BCUT2D eigenvalue weighted by Gasteiger charge is -2.35. The zero-order valence-electron chi connectivity index (χ0n) is 11.7. The predicted octanol–water partition coefficient (Wildman–Crippen LogP) is 2.23. The van der Waals surface area contributed by atoms with Gasteiger partial charge in [-0.05, 0) is 53.0 Å². The third kappa shape index (κ3) is 3.24. The summed E-state index contributed by atoms with van der Waals surface area (Å²) in [6.07, 6.45) is 2.44. The average Bonchev–Trinajstić information content (AvgIpc) is 2.34. The van der Waals surface area contributed by atoms with Gasteiger partial charge in [-0.3, -0.25) is 4.90 Å². The number of rotatable bonds is 3. The molecule has 0 amide bonds. The number of likely N-dealkylation sites (tertiary alicyclic amines) is 1. The first kappa shape index (κ1) is 13.4. The Hall–Kier alpha value is -1.06. The zero-order valence-corrected chi connectivity index (χ0v) is 11.7. The van der Waals surface area contributed by atoms with E-state index in [4.69, 9.17) is 0 Å². The second kappa shape index (κ2) is 5.72. The van der Waals surface area contributed by atoms with E-state index in [0.717, 1.165) is 12.1 Å². The molecule has 1 aromatic rings. The highest BCUT2D eigenvalue weighted by Crippen LogP contribution is 2.22. The molecule has 3 nitrogen and oxygen atoms in total. The number of aryl methyl sites for hydroxylation is 1. The average molecular weight is 248 g/mol. The first-order chi connectivity index (χ1) is 8.56. The number of aromatic hydroxyl groups is 1. The normalized spacial score (nSPS) is 18.4. The second-order valence-electron chi connectivity index (χ2n) is 5.58. The molecule has 0 unspecified atom stereocenters. The molecule has 1 aliphatic heterocycles. The molecule has 0 aliphatic carbocycles. The van der Waals surface area contributed by atoms with Gasteiger partial charge in [-0.25, -0.2) is 0 Å². The number of phenolic OH excluding ortho intramolecular Hbond substituents is 1. The van der Waals surface area contributed by atoms with E-state index in [-0.39, 0.29) is 0 Å². The highest BCUT2D eigenvalue weighted by atomic mass is 16.3. The van der Waals surface area contributed by atoms with Gasteiger partial charge in [0.2, 0.25) is 0 Å². The van der Waals surface area contributed by atoms with Gasteiger partial charge in [-0.2, -0.15) is 0 Å². The molecule has 0 saturated carbocycles. The van der Waals surface area contributed by atoms with Crippen LogP contribution < -0.4 is 0 Å². The predicted molar refractivity (Wildman–Crippen MR) is 74.8 cm³/mol. The molecule has 0 aromatic heterocycles. The highest BCUT2D eigenvalue weighted by Gasteiger charge is 2.21. The van der Waals surface area contributed by atoms with Crippen LogP contribution in [0.2, 0.25) is 0 Å². The summed E-state index contributed by atoms with van der Waals surface area (Å²) in [5.41, 5.74) is 2.25. The summed E-state index contributed by atoms with van der Waals surface area (Å²) in [5.74, 6) is 0.417. The van der Waals surface area contributed by atoms with Gasteiger partial charge in [0.25, 0.3) is 0 Å². The van der Waals surface area contributed by atoms with Crippen LogP contribution in [-0.2, 0) is 6.54 Å². The fourth-order valence-electron chi connectivity index (χ4n) is 2.67. The maximum Gasteiger partial charge on any atom is 0.120 e. The van der Waals surface area contributed by atoms with E-state index < -0.39 is 0 Å². The van der Waals surface area contributed by atoms with Crippen LogP contribution in [0.3, 0.4) is 0 Å². The summed E-state index contributed by atoms with van der Waals surface area (Å²) in [4.78, 5) is 4.76. The van der Waals surface area contributed by atoms with Crippen molar-refractivity contribution in [3.05, 3.63) is 29.3 Å². The molecule has 18 heavy (non-hydrogen) atoms. The summed E-state index contributed by atoms with van der Waals surface area (Å²) in [6, 6.07) is 6.48. The van der Waals surface area contributed by atoms with Crippen LogP contribution in [0.5, 0.6) is 5.75 Å². The van der Waals surface area contributed by atoms with Crippen LogP contribution in [0.1, 0.15) is 24.0 Å². The third-order valence-corrected chi connectivity index (χ3v) is 3.97. The lowest BCUT2D eigenvalue weighted by atomic mass is 10.0. The topological polar surface area (TPSA) is 26.7 Å².